The minimum Gasteiger partial charge on any atom is -0.495 e. The number of halogens is 2. The molecule has 0 aliphatic carbocycles. The smallest absolute Gasteiger partial charge is 0.291 e. The average Bonchev–Trinajstić information content (AvgIpc) is 3.13. The van der Waals surface area contributed by atoms with E-state index in [0.29, 0.717) is 22.2 Å². The molecule has 134 valence electrons. The highest BCUT2D eigenvalue weighted by molar-refractivity contribution is 6.32. The monoisotopic (exact) mass is 375 g/mol. The van der Waals surface area contributed by atoms with Gasteiger partial charge in [0.2, 0.25) is 0 Å². The molecule has 1 amide bonds. The minimum absolute atomic E-state index is 0.0271. The second-order valence-electron chi connectivity index (χ2n) is 5.28. The van der Waals surface area contributed by atoms with Crippen LogP contribution < -0.4 is 14.8 Å². The Kier molecular flexibility index (Phi) is 5.14. The van der Waals surface area contributed by atoms with Crippen molar-refractivity contribution in [1.82, 2.24) is 0 Å². The van der Waals surface area contributed by atoms with Crippen LogP contribution >= 0.6 is 11.6 Å². The van der Waals surface area contributed by atoms with Gasteiger partial charge in [-0.1, -0.05) is 23.7 Å². The topological polar surface area (TPSA) is 60.7 Å². The van der Waals surface area contributed by atoms with E-state index in [0.717, 1.165) is 0 Å². The van der Waals surface area contributed by atoms with Gasteiger partial charge >= 0.3 is 0 Å². The normalized spacial score (nSPS) is 10.5. The van der Waals surface area contributed by atoms with Crippen LogP contribution in [0.25, 0.3) is 11.3 Å². The van der Waals surface area contributed by atoms with Gasteiger partial charge in [-0.15, -0.1) is 0 Å². The molecule has 0 radical (unpaired) electrons. The molecule has 2 aromatic carbocycles. The molecule has 0 unspecified atom stereocenters. The van der Waals surface area contributed by atoms with Gasteiger partial charge in [-0.05, 0) is 24.3 Å². The molecule has 0 fully saturated rings. The molecular formula is C19H15ClFNO4. The van der Waals surface area contributed by atoms with Crippen LogP contribution in [0.3, 0.4) is 0 Å². The first kappa shape index (κ1) is 17.8. The number of carbonyl (C=O) groups is 1. The van der Waals surface area contributed by atoms with E-state index < -0.39 is 11.7 Å². The zero-order valence-electron chi connectivity index (χ0n) is 14.0. The van der Waals surface area contributed by atoms with Crippen molar-refractivity contribution in [3.8, 4) is 22.8 Å². The number of furan rings is 1. The number of amides is 1. The lowest BCUT2D eigenvalue weighted by molar-refractivity contribution is 0.0997. The zero-order valence-corrected chi connectivity index (χ0v) is 14.8. The Balaban J connectivity index is 1.87. The Morgan fingerprint density at radius 1 is 1.08 bits per heavy atom. The van der Waals surface area contributed by atoms with Gasteiger partial charge in [0, 0.05) is 12.1 Å². The highest BCUT2D eigenvalue weighted by Crippen LogP contribution is 2.36. The van der Waals surface area contributed by atoms with E-state index in [1.165, 1.54) is 38.5 Å². The lowest BCUT2D eigenvalue weighted by Crippen LogP contribution is -2.12. The highest BCUT2D eigenvalue weighted by atomic mass is 35.5. The number of nitrogens with one attached hydrogen (secondary N) is 1. The third-order valence-electron chi connectivity index (χ3n) is 3.69. The standard InChI is InChI=1S/C19H15ClFNO4/c1-24-17-10-14(18(25-2)9-12(17)20)22-19(23)16-8-7-15(26-16)11-5-3-4-6-13(11)21/h3-10H,1-2H3,(H,22,23). The van der Waals surface area contributed by atoms with Crippen molar-refractivity contribution >= 4 is 23.2 Å². The van der Waals surface area contributed by atoms with Crippen LogP contribution in [0.5, 0.6) is 11.5 Å². The zero-order chi connectivity index (χ0) is 18.7. The van der Waals surface area contributed by atoms with E-state index in [9.17, 15) is 9.18 Å². The Bertz CT molecular complexity index is 954. The molecule has 1 heterocycles. The molecule has 3 aromatic rings. The van der Waals surface area contributed by atoms with Crippen molar-refractivity contribution < 1.29 is 23.1 Å². The van der Waals surface area contributed by atoms with E-state index in [4.69, 9.17) is 25.5 Å². The van der Waals surface area contributed by atoms with Gasteiger partial charge in [0.25, 0.3) is 5.91 Å². The van der Waals surface area contributed by atoms with Crippen LogP contribution in [-0.4, -0.2) is 20.1 Å². The van der Waals surface area contributed by atoms with Gasteiger partial charge in [0.1, 0.15) is 23.1 Å². The Morgan fingerprint density at radius 3 is 2.50 bits per heavy atom. The molecule has 7 heteroatoms. The summed E-state index contributed by atoms with van der Waals surface area (Å²) in [5.41, 5.74) is 0.639. The number of ether oxygens (including phenoxy) is 2. The molecule has 0 saturated heterocycles. The summed E-state index contributed by atoms with van der Waals surface area (Å²) >= 11 is 6.05. The van der Waals surface area contributed by atoms with E-state index in [1.54, 1.807) is 24.3 Å². The second kappa shape index (κ2) is 7.49. The minimum atomic E-state index is -0.518. The summed E-state index contributed by atoms with van der Waals surface area (Å²) in [6, 6.07) is 12.2. The third kappa shape index (κ3) is 3.50. The van der Waals surface area contributed by atoms with Gasteiger partial charge in [0.05, 0.1) is 30.5 Å². The molecule has 26 heavy (non-hydrogen) atoms. The molecular weight excluding hydrogens is 361 g/mol. The summed E-state index contributed by atoms with van der Waals surface area (Å²) in [6.07, 6.45) is 0. The maximum Gasteiger partial charge on any atom is 0.291 e. The Morgan fingerprint density at radius 2 is 1.81 bits per heavy atom. The number of rotatable bonds is 5. The molecule has 0 saturated carbocycles. The maximum atomic E-state index is 13.8. The predicted molar refractivity (Wildman–Crippen MR) is 96.6 cm³/mol. The molecule has 0 aliphatic heterocycles. The van der Waals surface area contributed by atoms with Crippen LogP contribution in [0.2, 0.25) is 5.02 Å². The van der Waals surface area contributed by atoms with Crippen molar-refractivity contribution in [2.24, 2.45) is 0 Å². The number of benzene rings is 2. The van der Waals surface area contributed by atoms with Crippen molar-refractivity contribution in [1.29, 1.82) is 0 Å². The Labute approximate surface area is 154 Å². The second-order valence-corrected chi connectivity index (χ2v) is 5.69. The highest BCUT2D eigenvalue weighted by Gasteiger charge is 2.17. The summed E-state index contributed by atoms with van der Waals surface area (Å²) in [4.78, 5) is 12.5. The molecule has 1 N–H and O–H groups in total. The van der Waals surface area contributed by atoms with E-state index in [2.05, 4.69) is 5.32 Å². The number of carbonyl (C=O) groups excluding carboxylic acids is 1. The van der Waals surface area contributed by atoms with Crippen molar-refractivity contribution in [3.63, 3.8) is 0 Å². The summed E-state index contributed by atoms with van der Waals surface area (Å²) in [6.45, 7) is 0. The maximum absolute atomic E-state index is 13.8. The fraction of sp³-hybridized carbons (Fsp3) is 0.105. The molecule has 1 aromatic heterocycles. The van der Waals surface area contributed by atoms with Gasteiger partial charge in [-0.2, -0.15) is 0 Å². The van der Waals surface area contributed by atoms with E-state index >= 15 is 0 Å². The van der Waals surface area contributed by atoms with Gasteiger partial charge in [-0.25, -0.2) is 4.39 Å². The molecule has 5 nitrogen and oxygen atoms in total. The third-order valence-corrected chi connectivity index (χ3v) is 3.99. The largest absolute Gasteiger partial charge is 0.495 e. The predicted octanol–water partition coefficient (Wildman–Crippen LogP) is 5.01. The van der Waals surface area contributed by atoms with Crippen LogP contribution in [0.1, 0.15) is 10.6 Å². The summed E-state index contributed by atoms with van der Waals surface area (Å²) in [5, 5.41) is 3.02. The van der Waals surface area contributed by atoms with Crippen LogP contribution in [0.15, 0.2) is 52.9 Å². The van der Waals surface area contributed by atoms with Gasteiger partial charge in [0.15, 0.2) is 5.76 Å². The Hall–Kier alpha value is -2.99. The van der Waals surface area contributed by atoms with Crippen molar-refractivity contribution in [2.75, 3.05) is 19.5 Å². The summed E-state index contributed by atoms with van der Waals surface area (Å²) in [5.74, 6) is 0.0839. The first-order valence-corrected chi connectivity index (χ1v) is 7.99. The molecule has 0 bridgehead atoms. The van der Waals surface area contributed by atoms with Gasteiger partial charge < -0.3 is 19.2 Å². The molecule has 3 rings (SSSR count). The summed E-state index contributed by atoms with van der Waals surface area (Å²) in [7, 11) is 2.92. The first-order chi connectivity index (χ1) is 12.5. The fourth-order valence-electron chi connectivity index (χ4n) is 2.41. The van der Waals surface area contributed by atoms with Crippen molar-refractivity contribution in [2.45, 2.75) is 0 Å². The molecule has 0 spiro atoms. The molecule has 0 atom stereocenters. The molecule has 0 aliphatic rings. The van der Waals surface area contributed by atoms with E-state index in [-0.39, 0.29) is 17.1 Å². The number of anilines is 1. The first-order valence-electron chi connectivity index (χ1n) is 7.61. The summed E-state index contributed by atoms with van der Waals surface area (Å²) < 4.78 is 29.7. The van der Waals surface area contributed by atoms with Gasteiger partial charge in [-0.3, -0.25) is 4.79 Å². The number of methoxy groups -OCH3 is 2. The van der Waals surface area contributed by atoms with Crippen LogP contribution in [-0.2, 0) is 0 Å². The fourth-order valence-corrected chi connectivity index (χ4v) is 2.64. The average molecular weight is 376 g/mol. The quantitative estimate of drug-likeness (QED) is 0.681. The van der Waals surface area contributed by atoms with Crippen LogP contribution in [0, 0.1) is 5.82 Å². The lowest BCUT2D eigenvalue weighted by atomic mass is 10.1. The lowest BCUT2D eigenvalue weighted by Gasteiger charge is -2.12. The van der Waals surface area contributed by atoms with Crippen LogP contribution in [0.4, 0.5) is 10.1 Å². The van der Waals surface area contributed by atoms with Crippen molar-refractivity contribution in [3.05, 3.63) is 65.1 Å². The number of hydrogen-bond donors (Lipinski definition) is 1. The SMILES string of the molecule is COc1cc(NC(=O)c2ccc(-c3ccccc3F)o2)c(OC)cc1Cl. The van der Waals surface area contributed by atoms with E-state index in [1.807, 2.05) is 0 Å². The number of hydrogen-bond acceptors (Lipinski definition) is 4.